The van der Waals surface area contributed by atoms with Crippen molar-refractivity contribution in [2.75, 3.05) is 4.90 Å². The average Bonchev–Trinajstić information content (AvgIpc) is 3.16. The first kappa shape index (κ1) is 22.1. The summed E-state index contributed by atoms with van der Waals surface area (Å²) in [6.45, 7) is 1.96. The molecule has 178 valence electrons. The van der Waals surface area contributed by atoms with Crippen LogP contribution in [0.25, 0.3) is 0 Å². The summed E-state index contributed by atoms with van der Waals surface area (Å²) in [5, 5.41) is 16.0. The molecule has 1 aliphatic carbocycles. The predicted octanol–water partition coefficient (Wildman–Crippen LogP) is 5.54. The van der Waals surface area contributed by atoms with Gasteiger partial charge in [-0.1, -0.05) is 92.9 Å². The maximum atomic E-state index is 14.7. The number of amides is 1. The van der Waals surface area contributed by atoms with Crippen molar-refractivity contribution >= 4 is 23.1 Å². The molecule has 0 spiro atoms. The van der Waals surface area contributed by atoms with Crippen LogP contribution < -0.4 is 10.2 Å². The van der Waals surface area contributed by atoms with Gasteiger partial charge in [-0.05, 0) is 31.4 Å². The summed E-state index contributed by atoms with van der Waals surface area (Å²) in [7, 11) is 0. The molecular weight excluding hydrogens is 434 g/mol. The number of aliphatic imine (C=N–C) groups is 1. The molecule has 2 unspecified atom stereocenters. The lowest BCUT2D eigenvalue weighted by molar-refractivity contribution is -0.139. The third-order valence-corrected chi connectivity index (χ3v) is 8.07. The third-order valence-electron chi connectivity index (χ3n) is 8.07. The summed E-state index contributed by atoms with van der Waals surface area (Å²) in [6.07, 6.45) is 5.78. The molecule has 1 saturated carbocycles. The van der Waals surface area contributed by atoms with Gasteiger partial charge in [0.05, 0.1) is 11.4 Å². The van der Waals surface area contributed by atoms with Gasteiger partial charge >= 0.3 is 0 Å². The number of nitrogens with zero attached hydrogens (tertiary/aromatic N) is 2. The highest BCUT2D eigenvalue weighted by Gasteiger charge is 2.69. The lowest BCUT2D eigenvalue weighted by Gasteiger charge is -2.49. The van der Waals surface area contributed by atoms with Crippen molar-refractivity contribution in [1.82, 2.24) is 5.32 Å². The van der Waals surface area contributed by atoms with Gasteiger partial charge in [-0.25, -0.2) is 4.99 Å². The molecule has 0 bridgehead atoms. The van der Waals surface area contributed by atoms with E-state index < -0.39 is 11.1 Å². The summed E-state index contributed by atoms with van der Waals surface area (Å²) in [4.78, 5) is 21.8. The Hall–Kier alpha value is -3.44. The highest BCUT2D eigenvalue weighted by molar-refractivity contribution is 6.20. The SMILES string of the molecule is CCC1(O)c2ccccc2N2C(c3ccccc3)=Nc3ccccc3C21C(=O)NC1CCCCC1. The van der Waals surface area contributed by atoms with Gasteiger partial charge in [0.1, 0.15) is 11.4 Å². The van der Waals surface area contributed by atoms with Gasteiger partial charge in [0, 0.05) is 22.7 Å². The first-order chi connectivity index (χ1) is 17.1. The van der Waals surface area contributed by atoms with Crippen LogP contribution in [0, 0.1) is 0 Å². The fourth-order valence-corrected chi connectivity index (χ4v) is 6.41. The lowest BCUT2D eigenvalue weighted by Crippen LogP contribution is -2.67. The van der Waals surface area contributed by atoms with E-state index in [9.17, 15) is 9.90 Å². The van der Waals surface area contributed by atoms with Gasteiger partial charge in [0.25, 0.3) is 5.91 Å². The van der Waals surface area contributed by atoms with Crippen molar-refractivity contribution in [3.63, 3.8) is 0 Å². The van der Waals surface area contributed by atoms with Crippen LogP contribution in [0.4, 0.5) is 11.4 Å². The molecule has 2 aliphatic heterocycles. The number of hydrogen-bond donors (Lipinski definition) is 2. The normalized spacial score (nSPS) is 25.3. The Morgan fingerprint density at radius 1 is 0.943 bits per heavy atom. The van der Waals surface area contributed by atoms with Gasteiger partial charge in [-0.2, -0.15) is 0 Å². The predicted molar refractivity (Wildman–Crippen MR) is 139 cm³/mol. The maximum Gasteiger partial charge on any atom is 0.254 e. The first-order valence-electron chi connectivity index (χ1n) is 12.8. The van der Waals surface area contributed by atoms with E-state index in [4.69, 9.17) is 4.99 Å². The Labute approximate surface area is 206 Å². The van der Waals surface area contributed by atoms with Crippen LogP contribution in [-0.2, 0) is 15.9 Å². The number of nitrogens with one attached hydrogen (secondary N) is 1. The molecule has 2 heterocycles. The van der Waals surface area contributed by atoms with E-state index in [0.29, 0.717) is 12.3 Å². The van der Waals surface area contributed by atoms with Crippen LogP contribution in [0.5, 0.6) is 0 Å². The van der Waals surface area contributed by atoms with Crippen LogP contribution >= 0.6 is 0 Å². The minimum absolute atomic E-state index is 0.114. The molecule has 2 N–H and O–H groups in total. The Balaban J connectivity index is 1.65. The smallest absolute Gasteiger partial charge is 0.254 e. The summed E-state index contributed by atoms with van der Waals surface area (Å²) < 4.78 is 0. The number of amidine groups is 1. The number of hydrogen-bond acceptors (Lipinski definition) is 4. The van der Waals surface area contributed by atoms with E-state index in [-0.39, 0.29) is 11.9 Å². The van der Waals surface area contributed by atoms with Crippen LogP contribution in [0.1, 0.15) is 62.1 Å². The molecule has 1 amide bonds. The third kappa shape index (κ3) is 3.04. The van der Waals surface area contributed by atoms with Gasteiger partial charge in [-0.15, -0.1) is 0 Å². The van der Waals surface area contributed by atoms with E-state index in [1.54, 1.807) is 0 Å². The average molecular weight is 466 g/mol. The lowest BCUT2D eigenvalue weighted by atomic mass is 9.69. The monoisotopic (exact) mass is 465 g/mol. The summed E-state index contributed by atoms with van der Waals surface area (Å²) in [5.74, 6) is 0.528. The number of fused-ring (bicyclic) bond motifs is 5. The highest BCUT2D eigenvalue weighted by atomic mass is 16.3. The molecule has 3 aromatic rings. The standard InChI is InChI=1S/C30H31N3O2/c1-2-29(35)24-18-10-12-20-26(24)33-27(21-13-5-3-6-14-21)32-25-19-11-9-17-23(25)30(29,33)28(34)31-22-15-7-4-8-16-22/h3,5-6,9-14,17-20,22,35H,2,4,7-8,15-16H2,1H3,(H,31,34). The summed E-state index contributed by atoms with van der Waals surface area (Å²) >= 11 is 0. The quantitative estimate of drug-likeness (QED) is 0.532. The number of para-hydroxylation sites is 2. The van der Waals surface area contributed by atoms with E-state index in [2.05, 4.69) is 5.32 Å². The number of rotatable bonds is 4. The largest absolute Gasteiger partial charge is 0.382 e. The van der Waals surface area contributed by atoms with Crippen molar-refractivity contribution in [3.8, 4) is 0 Å². The molecular formula is C30H31N3O2. The molecule has 5 heteroatoms. The van der Waals surface area contributed by atoms with E-state index in [1.165, 1.54) is 6.42 Å². The first-order valence-corrected chi connectivity index (χ1v) is 12.8. The van der Waals surface area contributed by atoms with Gasteiger partial charge in [0.15, 0.2) is 5.54 Å². The second kappa shape index (κ2) is 8.35. The molecule has 2 atom stereocenters. The number of carbonyl (C=O) groups excluding carboxylic acids is 1. The molecule has 1 fully saturated rings. The minimum Gasteiger partial charge on any atom is -0.382 e. The fraction of sp³-hybridized carbons (Fsp3) is 0.333. The molecule has 0 saturated heterocycles. The van der Waals surface area contributed by atoms with Crippen molar-refractivity contribution in [3.05, 3.63) is 95.6 Å². The molecule has 3 aromatic carbocycles. The zero-order chi connectivity index (χ0) is 24.0. The molecule has 6 rings (SSSR count). The Kier molecular flexibility index (Phi) is 5.26. The van der Waals surface area contributed by atoms with Crippen molar-refractivity contribution in [1.29, 1.82) is 0 Å². The van der Waals surface area contributed by atoms with Crippen LogP contribution in [-0.4, -0.2) is 22.9 Å². The Morgan fingerprint density at radius 3 is 2.34 bits per heavy atom. The van der Waals surface area contributed by atoms with Crippen molar-refractivity contribution in [2.45, 2.75) is 62.6 Å². The summed E-state index contributed by atoms with van der Waals surface area (Å²) in [6, 6.07) is 25.7. The summed E-state index contributed by atoms with van der Waals surface area (Å²) in [5.41, 5.74) is 1.16. The minimum atomic E-state index is -1.44. The molecule has 0 radical (unpaired) electrons. The van der Waals surface area contributed by atoms with Crippen molar-refractivity contribution in [2.24, 2.45) is 4.99 Å². The van der Waals surface area contributed by atoms with E-state index >= 15 is 0 Å². The Bertz CT molecular complexity index is 1300. The number of anilines is 1. The molecule has 5 nitrogen and oxygen atoms in total. The molecule has 3 aliphatic rings. The topological polar surface area (TPSA) is 64.9 Å². The number of carbonyl (C=O) groups is 1. The molecule has 0 aromatic heterocycles. The van der Waals surface area contributed by atoms with E-state index in [1.807, 2.05) is 90.7 Å². The second-order valence-electron chi connectivity index (χ2n) is 9.90. The van der Waals surface area contributed by atoms with Crippen LogP contribution in [0.3, 0.4) is 0 Å². The highest BCUT2D eigenvalue weighted by Crippen LogP contribution is 2.61. The fourth-order valence-electron chi connectivity index (χ4n) is 6.41. The van der Waals surface area contributed by atoms with Gasteiger partial charge < -0.3 is 15.3 Å². The van der Waals surface area contributed by atoms with E-state index in [0.717, 1.165) is 53.7 Å². The number of aliphatic hydroxyl groups is 1. The van der Waals surface area contributed by atoms with Gasteiger partial charge in [0.2, 0.25) is 0 Å². The van der Waals surface area contributed by atoms with Gasteiger partial charge in [-0.3, -0.25) is 4.79 Å². The molecule has 35 heavy (non-hydrogen) atoms. The number of benzene rings is 3. The zero-order valence-corrected chi connectivity index (χ0v) is 20.1. The maximum absolute atomic E-state index is 14.7. The second-order valence-corrected chi connectivity index (χ2v) is 9.90. The van der Waals surface area contributed by atoms with Crippen LogP contribution in [0.2, 0.25) is 0 Å². The van der Waals surface area contributed by atoms with Crippen LogP contribution in [0.15, 0.2) is 83.9 Å². The Morgan fingerprint density at radius 2 is 1.60 bits per heavy atom. The van der Waals surface area contributed by atoms with Crippen molar-refractivity contribution < 1.29 is 9.90 Å². The zero-order valence-electron chi connectivity index (χ0n) is 20.1.